The maximum absolute atomic E-state index is 14.3. The summed E-state index contributed by atoms with van der Waals surface area (Å²) in [5.41, 5.74) is 7.97. The van der Waals surface area contributed by atoms with E-state index in [0.29, 0.717) is 18.2 Å². The van der Waals surface area contributed by atoms with E-state index in [4.69, 9.17) is 5.73 Å². The van der Waals surface area contributed by atoms with Crippen molar-refractivity contribution in [1.29, 1.82) is 0 Å². The molecule has 0 amide bonds. The van der Waals surface area contributed by atoms with Crippen molar-refractivity contribution in [2.45, 2.75) is 31.5 Å². The minimum absolute atomic E-state index is 0.0644. The van der Waals surface area contributed by atoms with Crippen LogP contribution in [-0.4, -0.2) is 17.5 Å². The molecule has 0 saturated heterocycles. The fourth-order valence-electron chi connectivity index (χ4n) is 2.71. The van der Waals surface area contributed by atoms with Crippen LogP contribution >= 0.6 is 27.3 Å². The van der Waals surface area contributed by atoms with Crippen LogP contribution in [0.4, 0.5) is 4.39 Å². The SMILES string of the molecule is NCC(c1ccc(Br)cc1F)N(Cc1ccsc1)C1CC1. The molecule has 0 spiro atoms. The number of nitrogens with zero attached hydrogens (tertiary/aromatic N) is 1. The predicted octanol–water partition coefficient (Wildman–Crippen LogP) is 4.31. The van der Waals surface area contributed by atoms with Crippen LogP contribution in [0.25, 0.3) is 0 Å². The minimum atomic E-state index is -0.184. The van der Waals surface area contributed by atoms with Crippen LogP contribution in [0.5, 0.6) is 0 Å². The third-order valence-corrected chi connectivity index (χ3v) is 5.13. The molecule has 0 aliphatic heterocycles. The van der Waals surface area contributed by atoms with Gasteiger partial charge in [-0.1, -0.05) is 22.0 Å². The molecule has 1 fully saturated rings. The molecule has 1 aromatic carbocycles. The molecule has 0 radical (unpaired) electrons. The Morgan fingerprint density at radius 1 is 1.38 bits per heavy atom. The predicted molar refractivity (Wildman–Crippen MR) is 88.8 cm³/mol. The zero-order chi connectivity index (χ0) is 14.8. The van der Waals surface area contributed by atoms with E-state index in [9.17, 15) is 4.39 Å². The molecule has 1 heterocycles. The summed E-state index contributed by atoms with van der Waals surface area (Å²) in [6.07, 6.45) is 2.36. The maximum Gasteiger partial charge on any atom is 0.129 e. The summed E-state index contributed by atoms with van der Waals surface area (Å²) < 4.78 is 15.1. The maximum atomic E-state index is 14.3. The van der Waals surface area contributed by atoms with E-state index in [0.717, 1.165) is 11.0 Å². The van der Waals surface area contributed by atoms with Crippen LogP contribution in [0, 0.1) is 5.82 Å². The Balaban J connectivity index is 1.88. The van der Waals surface area contributed by atoms with E-state index in [-0.39, 0.29) is 11.9 Å². The van der Waals surface area contributed by atoms with Crippen molar-refractivity contribution in [2.75, 3.05) is 6.54 Å². The summed E-state index contributed by atoms with van der Waals surface area (Å²) in [5, 5.41) is 4.24. The lowest BCUT2D eigenvalue weighted by atomic mass is 10.0. The Labute approximate surface area is 136 Å². The molecule has 21 heavy (non-hydrogen) atoms. The van der Waals surface area contributed by atoms with Crippen molar-refractivity contribution in [2.24, 2.45) is 5.73 Å². The molecule has 112 valence electrons. The first-order chi connectivity index (χ1) is 10.2. The average molecular weight is 369 g/mol. The van der Waals surface area contributed by atoms with Crippen molar-refractivity contribution in [3.8, 4) is 0 Å². The zero-order valence-corrected chi connectivity index (χ0v) is 14.0. The number of rotatable bonds is 6. The number of nitrogens with two attached hydrogens (primary N) is 1. The van der Waals surface area contributed by atoms with Crippen LogP contribution in [0.2, 0.25) is 0 Å². The van der Waals surface area contributed by atoms with Crippen molar-refractivity contribution in [3.63, 3.8) is 0 Å². The highest BCUT2D eigenvalue weighted by Crippen LogP contribution is 2.36. The number of hydrogen-bond acceptors (Lipinski definition) is 3. The Kier molecular flexibility index (Phi) is 4.74. The zero-order valence-electron chi connectivity index (χ0n) is 11.6. The van der Waals surface area contributed by atoms with Crippen LogP contribution < -0.4 is 5.73 Å². The number of thiophene rings is 1. The quantitative estimate of drug-likeness (QED) is 0.822. The standard InChI is InChI=1S/C16H18BrFN2S/c17-12-1-4-14(15(18)7-12)16(8-19)20(13-2-3-13)9-11-5-6-21-10-11/h1,4-7,10,13,16H,2-3,8-9,19H2. The molecular weight excluding hydrogens is 351 g/mol. The first kappa shape index (κ1) is 15.2. The molecule has 1 atom stereocenters. The number of halogens is 2. The third-order valence-electron chi connectivity index (χ3n) is 3.91. The first-order valence-electron chi connectivity index (χ1n) is 7.11. The van der Waals surface area contributed by atoms with Crippen molar-refractivity contribution in [3.05, 3.63) is 56.4 Å². The first-order valence-corrected chi connectivity index (χ1v) is 8.84. The van der Waals surface area contributed by atoms with E-state index < -0.39 is 0 Å². The fraction of sp³-hybridized carbons (Fsp3) is 0.375. The largest absolute Gasteiger partial charge is 0.329 e. The van der Waals surface area contributed by atoms with Gasteiger partial charge in [-0.05, 0) is 47.4 Å². The fourth-order valence-corrected chi connectivity index (χ4v) is 3.70. The molecule has 3 rings (SSSR count). The normalized spacial score (nSPS) is 16.4. The van der Waals surface area contributed by atoms with Crippen molar-refractivity contribution < 1.29 is 4.39 Å². The van der Waals surface area contributed by atoms with Gasteiger partial charge in [0.1, 0.15) is 5.82 Å². The van der Waals surface area contributed by atoms with Gasteiger partial charge in [0.2, 0.25) is 0 Å². The molecule has 1 aliphatic carbocycles. The Bertz CT molecular complexity index is 598. The van der Waals surface area contributed by atoms with Gasteiger partial charge < -0.3 is 5.73 Å². The molecular formula is C16H18BrFN2S. The van der Waals surface area contributed by atoms with E-state index in [1.54, 1.807) is 11.3 Å². The second-order valence-electron chi connectivity index (χ2n) is 5.45. The summed E-state index contributed by atoms with van der Waals surface area (Å²) in [6.45, 7) is 1.27. The van der Waals surface area contributed by atoms with E-state index in [2.05, 4.69) is 37.7 Å². The summed E-state index contributed by atoms with van der Waals surface area (Å²) in [5.74, 6) is -0.184. The van der Waals surface area contributed by atoms with Crippen LogP contribution in [0.1, 0.15) is 30.0 Å². The van der Waals surface area contributed by atoms with E-state index in [1.165, 1.54) is 24.5 Å². The summed E-state index contributed by atoms with van der Waals surface area (Å²) in [7, 11) is 0. The lowest BCUT2D eigenvalue weighted by Gasteiger charge is -2.31. The minimum Gasteiger partial charge on any atom is -0.329 e. The Hall–Kier alpha value is -0.750. The highest BCUT2D eigenvalue weighted by molar-refractivity contribution is 9.10. The number of hydrogen-bond donors (Lipinski definition) is 1. The molecule has 2 nitrogen and oxygen atoms in total. The molecule has 0 bridgehead atoms. The van der Waals surface area contributed by atoms with Gasteiger partial charge in [-0.2, -0.15) is 11.3 Å². The van der Waals surface area contributed by atoms with Gasteiger partial charge >= 0.3 is 0 Å². The van der Waals surface area contributed by atoms with Gasteiger partial charge in [0, 0.05) is 29.2 Å². The molecule has 1 aliphatic rings. The Morgan fingerprint density at radius 2 is 2.19 bits per heavy atom. The molecule has 5 heteroatoms. The van der Waals surface area contributed by atoms with E-state index >= 15 is 0 Å². The van der Waals surface area contributed by atoms with Crippen LogP contribution in [0.15, 0.2) is 39.5 Å². The molecule has 1 aromatic heterocycles. The van der Waals surface area contributed by atoms with Gasteiger partial charge in [-0.15, -0.1) is 0 Å². The van der Waals surface area contributed by atoms with Crippen LogP contribution in [-0.2, 0) is 6.54 Å². The van der Waals surface area contributed by atoms with Gasteiger partial charge in [0.05, 0.1) is 6.04 Å². The van der Waals surface area contributed by atoms with Crippen LogP contribution in [0.3, 0.4) is 0 Å². The van der Waals surface area contributed by atoms with Gasteiger partial charge in [-0.25, -0.2) is 4.39 Å². The highest BCUT2D eigenvalue weighted by Gasteiger charge is 2.35. The number of benzene rings is 1. The molecule has 2 aromatic rings. The second kappa shape index (κ2) is 6.57. The third kappa shape index (κ3) is 3.54. The van der Waals surface area contributed by atoms with E-state index in [1.807, 2.05) is 12.1 Å². The topological polar surface area (TPSA) is 29.3 Å². The van der Waals surface area contributed by atoms with Crippen molar-refractivity contribution >= 4 is 27.3 Å². The summed E-state index contributed by atoms with van der Waals surface area (Å²) >= 11 is 5.01. The Morgan fingerprint density at radius 3 is 2.76 bits per heavy atom. The van der Waals surface area contributed by atoms with Crippen molar-refractivity contribution in [1.82, 2.24) is 4.90 Å². The smallest absolute Gasteiger partial charge is 0.129 e. The monoisotopic (exact) mass is 368 g/mol. The lowest BCUT2D eigenvalue weighted by molar-refractivity contribution is 0.178. The second-order valence-corrected chi connectivity index (χ2v) is 7.15. The highest BCUT2D eigenvalue weighted by atomic mass is 79.9. The van der Waals surface area contributed by atoms with Gasteiger partial charge in [-0.3, -0.25) is 4.90 Å². The van der Waals surface area contributed by atoms with Gasteiger partial charge in [0.25, 0.3) is 0 Å². The molecule has 1 unspecified atom stereocenters. The van der Waals surface area contributed by atoms with Gasteiger partial charge in [0.15, 0.2) is 0 Å². The average Bonchev–Trinajstić information content (AvgIpc) is 3.18. The molecule has 1 saturated carbocycles. The summed E-state index contributed by atoms with van der Waals surface area (Å²) in [4.78, 5) is 2.36. The summed E-state index contributed by atoms with van der Waals surface area (Å²) in [6, 6.07) is 7.85. The molecule has 2 N–H and O–H groups in total. The lowest BCUT2D eigenvalue weighted by Crippen LogP contribution is -2.35.